The van der Waals surface area contributed by atoms with E-state index >= 15 is 0 Å². The zero-order valence-electron chi connectivity index (χ0n) is 15.6. The molecule has 4 rings (SSSR count). The van der Waals surface area contributed by atoms with Crippen LogP contribution >= 0.6 is 0 Å². The predicted molar refractivity (Wildman–Crippen MR) is 97.6 cm³/mol. The Morgan fingerprint density at radius 2 is 2.00 bits per heavy atom. The van der Waals surface area contributed by atoms with Crippen LogP contribution in [0.4, 0.5) is 0 Å². The van der Waals surface area contributed by atoms with Gasteiger partial charge in [-0.05, 0) is 39.8 Å². The Kier molecular flexibility index (Phi) is 4.65. The van der Waals surface area contributed by atoms with Crippen LogP contribution in [0, 0.1) is 13.8 Å². The Morgan fingerprint density at radius 1 is 1.20 bits per heavy atom. The van der Waals surface area contributed by atoms with Crippen molar-refractivity contribution >= 4 is 0 Å². The van der Waals surface area contributed by atoms with E-state index in [1.807, 2.05) is 0 Å². The summed E-state index contributed by atoms with van der Waals surface area (Å²) in [4.78, 5) is 7.03. The van der Waals surface area contributed by atoms with Gasteiger partial charge in [-0.1, -0.05) is 24.4 Å². The SMILES string of the molecule is Cc1cc(-c2nc(C3CNCCN3C)no2)c(C)n1C1CCCCC1. The number of likely N-dealkylation sites (N-methyl/N-ethyl adjacent to an activating group) is 1. The van der Waals surface area contributed by atoms with E-state index in [0.717, 1.165) is 31.0 Å². The third kappa shape index (κ3) is 3.13. The molecule has 0 amide bonds. The van der Waals surface area contributed by atoms with E-state index in [-0.39, 0.29) is 6.04 Å². The van der Waals surface area contributed by atoms with Crippen molar-refractivity contribution in [1.29, 1.82) is 0 Å². The highest BCUT2D eigenvalue weighted by atomic mass is 16.5. The fourth-order valence-electron chi connectivity index (χ4n) is 4.47. The first kappa shape index (κ1) is 16.8. The van der Waals surface area contributed by atoms with Crippen molar-refractivity contribution in [3.63, 3.8) is 0 Å². The van der Waals surface area contributed by atoms with Crippen LogP contribution < -0.4 is 5.32 Å². The lowest BCUT2D eigenvalue weighted by atomic mass is 9.95. The molecular weight excluding hydrogens is 314 g/mol. The van der Waals surface area contributed by atoms with Crippen LogP contribution in [0.2, 0.25) is 0 Å². The van der Waals surface area contributed by atoms with Crippen LogP contribution in [0.1, 0.15) is 61.4 Å². The molecule has 25 heavy (non-hydrogen) atoms. The highest BCUT2D eigenvalue weighted by molar-refractivity contribution is 5.58. The van der Waals surface area contributed by atoms with Crippen molar-refractivity contribution in [2.75, 3.05) is 26.7 Å². The molecule has 1 atom stereocenters. The van der Waals surface area contributed by atoms with Gasteiger partial charge in [0.25, 0.3) is 5.89 Å². The molecule has 3 heterocycles. The molecule has 1 saturated carbocycles. The minimum atomic E-state index is 0.188. The number of nitrogens with one attached hydrogen (secondary N) is 1. The molecule has 136 valence electrons. The Bertz CT molecular complexity index is 728. The van der Waals surface area contributed by atoms with E-state index in [1.165, 1.54) is 43.5 Å². The second kappa shape index (κ2) is 6.92. The minimum Gasteiger partial charge on any atom is -0.345 e. The van der Waals surface area contributed by atoms with Crippen molar-refractivity contribution < 1.29 is 4.52 Å². The normalized spacial score (nSPS) is 23.2. The second-order valence-corrected chi connectivity index (χ2v) is 7.60. The summed E-state index contributed by atoms with van der Waals surface area (Å²) >= 11 is 0. The van der Waals surface area contributed by atoms with Gasteiger partial charge in [-0.3, -0.25) is 4.90 Å². The lowest BCUT2D eigenvalue weighted by Crippen LogP contribution is -2.44. The molecule has 2 aromatic heterocycles. The smallest absolute Gasteiger partial charge is 0.259 e. The molecule has 0 spiro atoms. The van der Waals surface area contributed by atoms with Crippen molar-refractivity contribution in [3.8, 4) is 11.5 Å². The second-order valence-electron chi connectivity index (χ2n) is 7.60. The molecule has 0 radical (unpaired) electrons. The summed E-state index contributed by atoms with van der Waals surface area (Å²) in [5.74, 6) is 1.44. The minimum absolute atomic E-state index is 0.188. The van der Waals surface area contributed by atoms with Crippen molar-refractivity contribution in [2.45, 2.75) is 58.0 Å². The van der Waals surface area contributed by atoms with Crippen LogP contribution in [0.5, 0.6) is 0 Å². The van der Waals surface area contributed by atoms with Crippen molar-refractivity contribution in [3.05, 3.63) is 23.3 Å². The number of piperazine rings is 1. The molecule has 1 N–H and O–H groups in total. The summed E-state index contributed by atoms with van der Waals surface area (Å²) in [6, 6.07) is 3.02. The Labute approximate surface area is 149 Å². The summed E-state index contributed by atoms with van der Waals surface area (Å²) in [5.41, 5.74) is 3.65. The third-order valence-corrected chi connectivity index (χ3v) is 5.91. The molecule has 0 aromatic carbocycles. The lowest BCUT2D eigenvalue weighted by Gasteiger charge is -2.30. The molecule has 6 heteroatoms. The van der Waals surface area contributed by atoms with Gasteiger partial charge in [0, 0.05) is 37.1 Å². The molecule has 6 nitrogen and oxygen atoms in total. The van der Waals surface area contributed by atoms with Crippen LogP contribution in [0.25, 0.3) is 11.5 Å². The van der Waals surface area contributed by atoms with Crippen molar-refractivity contribution in [1.82, 2.24) is 24.9 Å². The molecule has 2 aromatic rings. The summed E-state index contributed by atoms with van der Waals surface area (Å²) in [6.07, 6.45) is 6.61. The number of aryl methyl sites for hydroxylation is 1. The lowest BCUT2D eigenvalue weighted by molar-refractivity contribution is 0.190. The van der Waals surface area contributed by atoms with Gasteiger partial charge in [-0.2, -0.15) is 4.98 Å². The quantitative estimate of drug-likeness (QED) is 0.927. The summed E-state index contributed by atoms with van der Waals surface area (Å²) in [6.45, 7) is 7.28. The van der Waals surface area contributed by atoms with E-state index in [0.29, 0.717) is 11.9 Å². The largest absolute Gasteiger partial charge is 0.345 e. The van der Waals surface area contributed by atoms with Crippen molar-refractivity contribution in [2.24, 2.45) is 0 Å². The standard InChI is InChI=1S/C19H29N5O/c1-13-11-16(14(2)24(13)15-7-5-4-6-8-15)19-21-18(22-25-19)17-12-20-9-10-23(17)3/h11,15,17,20H,4-10,12H2,1-3H3. The zero-order valence-corrected chi connectivity index (χ0v) is 15.6. The Morgan fingerprint density at radius 3 is 2.76 bits per heavy atom. The van der Waals surface area contributed by atoms with Gasteiger partial charge in [0.15, 0.2) is 5.82 Å². The molecule has 2 fully saturated rings. The van der Waals surface area contributed by atoms with Crippen LogP contribution in [-0.4, -0.2) is 46.3 Å². The van der Waals surface area contributed by atoms with Gasteiger partial charge in [-0.25, -0.2) is 0 Å². The Hall–Kier alpha value is -1.66. The summed E-state index contributed by atoms with van der Waals surface area (Å²) < 4.78 is 8.15. The van der Waals surface area contributed by atoms with Gasteiger partial charge in [0.1, 0.15) is 0 Å². The Balaban J connectivity index is 1.62. The van der Waals surface area contributed by atoms with E-state index < -0.39 is 0 Å². The summed E-state index contributed by atoms with van der Waals surface area (Å²) in [7, 11) is 2.12. The van der Waals surface area contributed by atoms with Crippen LogP contribution in [0.15, 0.2) is 10.6 Å². The highest BCUT2D eigenvalue weighted by Gasteiger charge is 2.27. The molecule has 1 unspecified atom stereocenters. The van der Waals surface area contributed by atoms with Gasteiger partial charge in [0.2, 0.25) is 0 Å². The average molecular weight is 343 g/mol. The number of hydrogen-bond acceptors (Lipinski definition) is 5. The first-order valence-electron chi connectivity index (χ1n) is 9.58. The molecule has 1 saturated heterocycles. The molecule has 1 aliphatic carbocycles. The molecule has 2 aliphatic rings. The fraction of sp³-hybridized carbons (Fsp3) is 0.684. The maximum atomic E-state index is 5.66. The number of rotatable bonds is 3. The topological polar surface area (TPSA) is 59.1 Å². The first-order chi connectivity index (χ1) is 12.1. The molecule has 1 aliphatic heterocycles. The van der Waals surface area contributed by atoms with Crippen LogP contribution in [0.3, 0.4) is 0 Å². The van der Waals surface area contributed by atoms with Gasteiger partial charge in [-0.15, -0.1) is 0 Å². The molecular formula is C19H29N5O. The van der Waals surface area contributed by atoms with Gasteiger partial charge < -0.3 is 14.4 Å². The number of nitrogens with zero attached hydrogens (tertiary/aromatic N) is 4. The maximum Gasteiger partial charge on any atom is 0.259 e. The maximum absolute atomic E-state index is 5.66. The zero-order chi connectivity index (χ0) is 17.4. The monoisotopic (exact) mass is 343 g/mol. The van der Waals surface area contributed by atoms with Gasteiger partial charge in [0.05, 0.1) is 11.6 Å². The van der Waals surface area contributed by atoms with Crippen LogP contribution in [-0.2, 0) is 0 Å². The number of aromatic nitrogens is 3. The first-order valence-corrected chi connectivity index (χ1v) is 9.58. The fourth-order valence-corrected chi connectivity index (χ4v) is 4.47. The predicted octanol–water partition coefficient (Wildman–Crippen LogP) is 3.24. The average Bonchev–Trinajstić information content (AvgIpc) is 3.21. The highest BCUT2D eigenvalue weighted by Crippen LogP contribution is 2.35. The van der Waals surface area contributed by atoms with Gasteiger partial charge >= 0.3 is 0 Å². The van der Waals surface area contributed by atoms with E-state index in [9.17, 15) is 0 Å². The third-order valence-electron chi connectivity index (χ3n) is 5.91. The molecule has 0 bridgehead atoms. The van der Waals surface area contributed by atoms with E-state index in [1.54, 1.807) is 0 Å². The number of hydrogen-bond donors (Lipinski definition) is 1. The van der Waals surface area contributed by atoms with E-state index in [4.69, 9.17) is 9.51 Å². The summed E-state index contributed by atoms with van der Waals surface area (Å²) in [5, 5.41) is 7.70. The van der Waals surface area contributed by atoms with E-state index in [2.05, 4.69) is 46.9 Å².